The summed E-state index contributed by atoms with van der Waals surface area (Å²) in [5.74, 6) is 0.935. The molecule has 2 atom stereocenters. The zero-order chi connectivity index (χ0) is 12.2. The number of hydrogen-bond donors (Lipinski definition) is 1. The Morgan fingerprint density at radius 1 is 0.944 bits per heavy atom. The number of rotatable bonds is 2. The summed E-state index contributed by atoms with van der Waals surface area (Å²) >= 11 is 0. The van der Waals surface area contributed by atoms with Crippen LogP contribution in [0.4, 0.5) is 0 Å². The molecule has 0 aliphatic carbocycles. The predicted molar refractivity (Wildman–Crippen MR) is 73.8 cm³/mol. The fraction of sp³-hybridized carbons (Fsp3) is 1.00. The third-order valence-corrected chi connectivity index (χ3v) is 5.14. The number of hydrogen-bond acceptors (Lipinski definition) is 3. The zero-order valence-corrected chi connectivity index (χ0v) is 11.6. The minimum Gasteiger partial charge on any atom is -0.380 e. The van der Waals surface area contributed by atoms with Crippen LogP contribution in [0.25, 0.3) is 0 Å². The molecule has 0 aromatic rings. The molecule has 3 saturated heterocycles. The quantitative estimate of drug-likeness (QED) is 0.814. The van der Waals surface area contributed by atoms with E-state index in [1.807, 2.05) is 0 Å². The van der Waals surface area contributed by atoms with Crippen LogP contribution >= 0.6 is 0 Å². The number of nitrogens with one attached hydrogen (secondary N) is 1. The molecule has 3 aliphatic rings. The van der Waals surface area contributed by atoms with Crippen molar-refractivity contribution in [3.63, 3.8) is 0 Å². The van der Waals surface area contributed by atoms with Crippen LogP contribution in [-0.2, 0) is 4.74 Å². The van der Waals surface area contributed by atoms with Crippen molar-refractivity contribution in [1.29, 1.82) is 0 Å². The van der Waals surface area contributed by atoms with E-state index < -0.39 is 0 Å². The topological polar surface area (TPSA) is 24.5 Å². The molecule has 3 heteroatoms. The van der Waals surface area contributed by atoms with Gasteiger partial charge in [0.05, 0.1) is 6.61 Å². The van der Waals surface area contributed by atoms with Gasteiger partial charge in [-0.15, -0.1) is 0 Å². The van der Waals surface area contributed by atoms with Crippen LogP contribution in [0.15, 0.2) is 0 Å². The van der Waals surface area contributed by atoms with Crippen LogP contribution in [0, 0.1) is 5.92 Å². The molecule has 18 heavy (non-hydrogen) atoms. The van der Waals surface area contributed by atoms with Crippen molar-refractivity contribution >= 4 is 0 Å². The van der Waals surface area contributed by atoms with Gasteiger partial charge in [0.2, 0.25) is 0 Å². The molecule has 0 saturated carbocycles. The van der Waals surface area contributed by atoms with E-state index in [1.165, 1.54) is 64.6 Å². The Labute approximate surface area is 111 Å². The first-order valence-corrected chi connectivity index (χ1v) is 7.99. The van der Waals surface area contributed by atoms with E-state index in [9.17, 15) is 0 Å². The Hall–Kier alpha value is -0.120. The molecule has 0 aromatic carbocycles. The monoisotopic (exact) mass is 252 g/mol. The smallest absolute Gasteiger partial charge is 0.0622 e. The standard InChI is InChI=1S/C15H28N2O/c1-2-4-15(13-5-8-16-9-6-13)17(10-3-1)14-7-11-18-12-14/h13-16H,1-12H2. The first kappa shape index (κ1) is 12.9. The molecule has 2 unspecified atom stereocenters. The fourth-order valence-corrected chi connectivity index (χ4v) is 4.13. The lowest BCUT2D eigenvalue weighted by atomic mass is 9.86. The van der Waals surface area contributed by atoms with E-state index in [0.29, 0.717) is 0 Å². The first-order chi connectivity index (χ1) is 8.95. The molecule has 3 aliphatic heterocycles. The maximum atomic E-state index is 5.63. The molecule has 3 heterocycles. The van der Waals surface area contributed by atoms with Crippen LogP contribution in [0.2, 0.25) is 0 Å². The Bertz CT molecular complexity index is 247. The summed E-state index contributed by atoms with van der Waals surface area (Å²) in [6.07, 6.45) is 9.74. The lowest BCUT2D eigenvalue weighted by Crippen LogP contribution is -2.49. The molecule has 3 rings (SSSR count). The minimum absolute atomic E-state index is 0.725. The number of nitrogens with zero attached hydrogens (tertiary/aromatic N) is 1. The van der Waals surface area contributed by atoms with Crippen molar-refractivity contribution in [3.05, 3.63) is 0 Å². The molecule has 0 aromatic heterocycles. The molecule has 104 valence electrons. The predicted octanol–water partition coefficient (Wildman–Crippen LogP) is 2.02. The van der Waals surface area contributed by atoms with E-state index in [-0.39, 0.29) is 0 Å². The minimum atomic E-state index is 0.725. The number of likely N-dealkylation sites (tertiary alicyclic amines) is 1. The summed E-state index contributed by atoms with van der Waals surface area (Å²) in [6, 6.07) is 1.57. The Morgan fingerprint density at radius 3 is 2.61 bits per heavy atom. The normalized spacial score (nSPS) is 36.7. The SMILES string of the molecule is C1CCC(C2CCNCC2)N(C2CCOC2)CC1. The lowest BCUT2D eigenvalue weighted by molar-refractivity contribution is 0.0685. The fourth-order valence-electron chi connectivity index (χ4n) is 4.13. The number of ether oxygens (including phenoxy) is 1. The van der Waals surface area contributed by atoms with Crippen LogP contribution in [0.3, 0.4) is 0 Å². The zero-order valence-electron chi connectivity index (χ0n) is 11.6. The Kier molecular flexibility index (Phi) is 4.55. The lowest BCUT2D eigenvalue weighted by Gasteiger charge is -2.40. The van der Waals surface area contributed by atoms with Crippen molar-refractivity contribution in [2.24, 2.45) is 5.92 Å². The van der Waals surface area contributed by atoms with Gasteiger partial charge >= 0.3 is 0 Å². The molecule has 3 nitrogen and oxygen atoms in total. The van der Waals surface area contributed by atoms with Gasteiger partial charge in [-0.1, -0.05) is 12.8 Å². The van der Waals surface area contributed by atoms with E-state index in [4.69, 9.17) is 4.74 Å². The van der Waals surface area contributed by atoms with Gasteiger partial charge in [-0.05, 0) is 57.7 Å². The molecular weight excluding hydrogens is 224 g/mol. The summed E-state index contributed by atoms with van der Waals surface area (Å²) in [4.78, 5) is 2.84. The van der Waals surface area contributed by atoms with Gasteiger partial charge in [-0.3, -0.25) is 4.90 Å². The second-order valence-electron chi connectivity index (χ2n) is 6.26. The summed E-state index contributed by atoms with van der Waals surface area (Å²) in [5.41, 5.74) is 0. The molecule has 0 spiro atoms. The summed E-state index contributed by atoms with van der Waals surface area (Å²) < 4.78 is 5.63. The van der Waals surface area contributed by atoms with Gasteiger partial charge in [0, 0.05) is 18.7 Å². The Morgan fingerprint density at radius 2 is 1.83 bits per heavy atom. The van der Waals surface area contributed by atoms with Gasteiger partial charge < -0.3 is 10.1 Å². The molecule has 3 fully saturated rings. The van der Waals surface area contributed by atoms with Gasteiger partial charge in [0.1, 0.15) is 0 Å². The highest BCUT2D eigenvalue weighted by Crippen LogP contribution is 2.31. The maximum Gasteiger partial charge on any atom is 0.0622 e. The molecule has 1 N–H and O–H groups in total. The third-order valence-electron chi connectivity index (χ3n) is 5.14. The van der Waals surface area contributed by atoms with Crippen molar-refractivity contribution in [3.8, 4) is 0 Å². The van der Waals surface area contributed by atoms with Crippen molar-refractivity contribution < 1.29 is 4.74 Å². The second-order valence-corrected chi connectivity index (χ2v) is 6.26. The van der Waals surface area contributed by atoms with Crippen LogP contribution < -0.4 is 5.32 Å². The van der Waals surface area contributed by atoms with E-state index >= 15 is 0 Å². The summed E-state index contributed by atoms with van der Waals surface area (Å²) in [7, 11) is 0. The van der Waals surface area contributed by atoms with Crippen LogP contribution in [0.1, 0.15) is 44.9 Å². The van der Waals surface area contributed by atoms with E-state index in [0.717, 1.165) is 31.2 Å². The Balaban J connectivity index is 1.68. The second kappa shape index (κ2) is 6.36. The van der Waals surface area contributed by atoms with Crippen LogP contribution in [-0.4, -0.2) is 49.8 Å². The van der Waals surface area contributed by atoms with Crippen LogP contribution in [0.5, 0.6) is 0 Å². The van der Waals surface area contributed by atoms with E-state index in [1.54, 1.807) is 0 Å². The highest BCUT2D eigenvalue weighted by atomic mass is 16.5. The highest BCUT2D eigenvalue weighted by molar-refractivity contribution is 4.89. The van der Waals surface area contributed by atoms with Gasteiger partial charge in [-0.25, -0.2) is 0 Å². The van der Waals surface area contributed by atoms with E-state index in [2.05, 4.69) is 10.2 Å². The molecule has 0 amide bonds. The highest BCUT2D eigenvalue weighted by Gasteiger charge is 2.34. The van der Waals surface area contributed by atoms with Crippen molar-refractivity contribution in [1.82, 2.24) is 10.2 Å². The van der Waals surface area contributed by atoms with Crippen molar-refractivity contribution in [2.45, 2.75) is 57.0 Å². The summed E-state index contributed by atoms with van der Waals surface area (Å²) in [6.45, 7) is 5.76. The maximum absolute atomic E-state index is 5.63. The first-order valence-electron chi connectivity index (χ1n) is 7.99. The largest absolute Gasteiger partial charge is 0.380 e. The number of piperidine rings is 1. The molecule has 0 radical (unpaired) electrons. The van der Waals surface area contributed by atoms with Gasteiger partial charge in [0.25, 0.3) is 0 Å². The van der Waals surface area contributed by atoms with Crippen molar-refractivity contribution in [2.75, 3.05) is 32.8 Å². The summed E-state index contributed by atoms with van der Waals surface area (Å²) in [5, 5.41) is 3.51. The molecule has 0 bridgehead atoms. The van der Waals surface area contributed by atoms with Gasteiger partial charge in [0.15, 0.2) is 0 Å². The average Bonchev–Trinajstić information content (AvgIpc) is 2.84. The third kappa shape index (κ3) is 2.89. The van der Waals surface area contributed by atoms with Gasteiger partial charge in [-0.2, -0.15) is 0 Å². The molecular formula is C15H28N2O. The average molecular weight is 252 g/mol.